The number of nitrogens with zero attached hydrogens (tertiary/aromatic N) is 1. The lowest BCUT2D eigenvalue weighted by Gasteiger charge is -2.26. The predicted octanol–water partition coefficient (Wildman–Crippen LogP) is 4.23. The zero-order chi connectivity index (χ0) is 23.9. The van der Waals surface area contributed by atoms with Crippen molar-refractivity contribution in [3.05, 3.63) is 100 Å². The Bertz CT molecular complexity index is 1230. The van der Waals surface area contributed by atoms with Crippen molar-refractivity contribution < 1.29 is 36.3 Å². The fourth-order valence-corrected chi connectivity index (χ4v) is 3.55. The van der Waals surface area contributed by atoms with Crippen LogP contribution in [0.1, 0.15) is 26.3 Å². The number of fused-ring (bicyclic) bond motifs is 1. The van der Waals surface area contributed by atoms with Crippen molar-refractivity contribution in [1.82, 2.24) is 4.90 Å². The summed E-state index contributed by atoms with van der Waals surface area (Å²) in [5.41, 5.74) is -1.06. The van der Waals surface area contributed by atoms with E-state index in [1.807, 2.05) is 0 Å². The topological polar surface area (TPSA) is 66.5 Å². The molecule has 4 rings (SSSR count). The number of nitrogens with one attached hydrogen (secondary N) is 1. The SMILES string of the molecule is O=C(Nc1c(F)c(F)c(F)c(F)c1F)C(Cc1ccccc1)N1C(=O)c2ccccc2C1=O. The van der Waals surface area contributed by atoms with E-state index >= 15 is 0 Å². The van der Waals surface area contributed by atoms with E-state index in [4.69, 9.17) is 0 Å². The molecule has 0 spiro atoms. The summed E-state index contributed by atoms with van der Waals surface area (Å²) in [5, 5.41) is 1.67. The molecule has 1 N–H and O–H groups in total. The lowest BCUT2D eigenvalue weighted by molar-refractivity contribution is -0.120. The molecule has 3 aromatic rings. The Morgan fingerprint density at radius 2 is 1.18 bits per heavy atom. The Hall–Kier alpha value is -4.08. The highest BCUT2D eigenvalue weighted by Gasteiger charge is 2.43. The van der Waals surface area contributed by atoms with Crippen molar-refractivity contribution in [1.29, 1.82) is 0 Å². The first-order chi connectivity index (χ1) is 15.7. The van der Waals surface area contributed by atoms with Crippen LogP contribution in [-0.2, 0) is 11.2 Å². The predicted molar refractivity (Wildman–Crippen MR) is 106 cm³/mol. The van der Waals surface area contributed by atoms with Crippen LogP contribution in [-0.4, -0.2) is 28.7 Å². The van der Waals surface area contributed by atoms with E-state index in [2.05, 4.69) is 0 Å². The van der Waals surface area contributed by atoms with Gasteiger partial charge >= 0.3 is 0 Å². The largest absolute Gasteiger partial charge is 0.319 e. The summed E-state index contributed by atoms with van der Waals surface area (Å²) in [5.74, 6) is -14.3. The third-order valence-electron chi connectivity index (χ3n) is 5.17. The molecule has 3 amide bonds. The van der Waals surface area contributed by atoms with Gasteiger partial charge in [0.05, 0.1) is 11.1 Å². The summed E-state index contributed by atoms with van der Waals surface area (Å²) in [4.78, 5) is 39.4. The lowest BCUT2D eigenvalue weighted by Crippen LogP contribution is -2.48. The van der Waals surface area contributed by atoms with Crippen LogP contribution in [0.5, 0.6) is 0 Å². The molecule has 0 aromatic heterocycles. The summed E-state index contributed by atoms with van der Waals surface area (Å²) in [6.45, 7) is 0. The summed E-state index contributed by atoms with van der Waals surface area (Å²) in [7, 11) is 0. The van der Waals surface area contributed by atoms with Gasteiger partial charge in [-0.25, -0.2) is 22.0 Å². The van der Waals surface area contributed by atoms with Gasteiger partial charge in [0.25, 0.3) is 11.8 Å². The van der Waals surface area contributed by atoms with Crippen molar-refractivity contribution in [2.24, 2.45) is 0 Å². The molecule has 0 bridgehead atoms. The Balaban J connectivity index is 1.75. The number of benzene rings is 3. The van der Waals surface area contributed by atoms with E-state index in [9.17, 15) is 36.3 Å². The normalized spacial score (nSPS) is 13.8. The van der Waals surface area contributed by atoms with Crippen molar-refractivity contribution >= 4 is 23.4 Å². The first kappa shape index (κ1) is 22.1. The molecular formula is C23H13F5N2O3. The smallest absolute Gasteiger partial charge is 0.262 e. The average Bonchev–Trinajstić information content (AvgIpc) is 3.08. The molecular weight excluding hydrogens is 447 g/mol. The van der Waals surface area contributed by atoms with Crippen LogP contribution in [0.15, 0.2) is 54.6 Å². The fourth-order valence-electron chi connectivity index (χ4n) is 3.55. The van der Waals surface area contributed by atoms with Gasteiger partial charge in [-0.3, -0.25) is 19.3 Å². The Morgan fingerprint density at radius 3 is 1.70 bits per heavy atom. The van der Waals surface area contributed by atoms with E-state index in [-0.39, 0.29) is 17.5 Å². The number of rotatable bonds is 5. The molecule has 0 saturated heterocycles. The van der Waals surface area contributed by atoms with Gasteiger partial charge in [-0.05, 0) is 17.7 Å². The van der Waals surface area contributed by atoms with Gasteiger partial charge < -0.3 is 5.32 Å². The van der Waals surface area contributed by atoms with Crippen molar-refractivity contribution in [2.45, 2.75) is 12.5 Å². The number of imide groups is 1. The van der Waals surface area contributed by atoms with Crippen LogP contribution >= 0.6 is 0 Å². The van der Waals surface area contributed by atoms with Crippen LogP contribution in [0.4, 0.5) is 27.6 Å². The fraction of sp³-hybridized carbons (Fsp3) is 0.0870. The van der Waals surface area contributed by atoms with Crippen molar-refractivity contribution in [3.63, 3.8) is 0 Å². The van der Waals surface area contributed by atoms with E-state index in [1.54, 1.807) is 35.6 Å². The Labute approximate surface area is 183 Å². The quantitative estimate of drug-likeness (QED) is 0.268. The highest BCUT2D eigenvalue weighted by atomic mass is 19.2. The van der Waals surface area contributed by atoms with Crippen molar-refractivity contribution in [3.8, 4) is 0 Å². The molecule has 33 heavy (non-hydrogen) atoms. The summed E-state index contributed by atoms with van der Waals surface area (Å²) < 4.78 is 68.7. The van der Waals surface area contributed by atoms with Gasteiger partial charge in [-0.2, -0.15) is 0 Å². The second-order valence-electron chi connectivity index (χ2n) is 7.17. The molecule has 3 aromatic carbocycles. The molecule has 1 aliphatic rings. The monoisotopic (exact) mass is 460 g/mol. The standard InChI is InChI=1S/C23H13F5N2O3/c24-15-16(25)18(27)20(19(28)17(15)26)29-21(31)14(10-11-6-2-1-3-7-11)30-22(32)12-8-4-5-9-13(12)23(30)33/h1-9,14H,10H2,(H,29,31). The Kier molecular flexibility index (Phi) is 5.67. The molecule has 1 unspecified atom stereocenters. The summed E-state index contributed by atoms with van der Waals surface area (Å²) in [6.07, 6.45) is -0.270. The van der Waals surface area contributed by atoms with E-state index in [0.717, 1.165) is 0 Å². The Morgan fingerprint density at radius 1 is 0.727 bits per heavy atom. The second kappa shape index (κ2) is 8.45. The van der Waals surface area contributed by atoms with Gasteiger partial charge in [-0.15, -0.1) is 0 Å². The van der Waals surface area contributed by atoms with Gasteiger partial charge in [0, 0.05) is 6.42 Å². The number of hydrogen-bond donors (Lipinski definition) is 1. The molecule has 0 radical (unpaired) electrons. The summed E-state index contributed by atoms with van der Waals surface area (Å²) in [6, 6.07) is 12.2. The molecule has 1 heterocycles. The van der Waals surface area contributed by atoms with Crippen molar-refractivity contribution in [2.75, 3.05) is 5.32 Å². The van der Waals surface area contributed by atoms with E-state index in [0.29, 0.717) is 10.5 Å². The van der Waals surface area contributed by atoms with E-state index < -0.39 is 58.5 Å². The third kappa shape index (κ3) is 3.73. The minimum Gasteiger partial charge on any atom is -0.319 e. The highest BCUT2D eigenvalue weighted by molar-refractivity contribution is 6.23. The number of carbonyl (C=O) groups excluding carboxylic acids is 3. The van der Waals surface area contributed by atoms with Crippen LogP contribution in [0, 0.1) is 29.1 Å². The van der Waals surface area contributed by atoms with Crippen LogP contribution in [0.25, 0.3) is 0 Å². The van der Waals surface area contributed by atoms with Gasteiger partial charge in [0.2, 0.25) is 11.7 Å². The van der Waals surface area contributed by atoms with Gasteiger partial charge in [0.1, 0.15) is 11.7 Å². The molecule has 0 saturated carbocycles. The minimum atomic E-state index is -2.39. The lowest BCUT2D eigenvalue weighted by atomic mass is 10.0. The molecule has 0 aliphatic carbocycles. The molecule has 5 nitrogen and oxygen atoms in total. The van der Waals surface area contributed by atoms with Gasteiger partial charge in [0.15, 0.2) is 23.3 Å². The second-order valence-corrected chi connectivity index (χ2v) is 7.17. The number of hydrogen-bond acceptors (Lipinski definition) is 3. The van der Waals surface area contributed by atoms with Crippen LogP contribution in [0.2, 0.25) is 0 Å². The number of amides is 3. The maximum absolute atomic E-state index is 14.1. The first-order valence-corrected chi connectivity index (χ1v) is 9.55. The number of carbonyl (C=O) groups is 3. The molecule has 168 valence electrons. The third-order valence-corrected chi connectivity index (χ3v) is 5.17. The van der Waals surface area contributed by atoms with Crippen LogP contribution in [0.3, 0.4) is 0 Å². The summed E-state index contributed by atoms with van der Waals surface area (Å²) >= 11 is 0. The molecule has 1 aliphatic heterocycles. The van der Waals surface area contributed by atoms with E-state index in [1.165, 1.54) is 24.3 Å². The highest BCUT2D eigenvalue weighted by Crippen LogP contribution is 2.30. The maximum atomic E-state index is 14.1. The molecule has 10 heteroatoms. The zero-order valence-electron chi connectivity index (χ0n) is 16.5. The number of anilines is 1. The number of halogens is 5. The minimum absolute atomic E-state index is 0.0181. The van der Waals surface area contributed by atoms with Gasteiger partial charge in [-0.1, -0.05) is 42.5 Å². The maximum Gasteiger partial charge on any atom is 0.262 e. The first-order valence-electron chi connectivity index (χ1n) is 9.55. The molecule has 0 fully saturated rings. The average molecular weight is 460 g/mol. The zero-order valence-corrected chi connectivity index (χ0v) is 16.5. The molecule has 1 atom stereocenters. The van der Waals surface area contributed by atoms with Crippen LogP contribution < -0.4 is 5.32 Å².